The summed E-state index contributed by atoms with van der Waals surface area (Å²) in [7, 11) is 0. The molecule has 2 amide bonds. The van der Waals surface area contributed by atoms with Gasteiger partial charge in [-0.1, -0.05) is 30.3 Å². The van der Waals surface area contributed by atoms with Crippen LogP contribution in [0.3, 0.4) is 0 Å². The quantitative estimate of drug-likeness (QED) is 0.883. The maximum Gasteiger partial charge on any atom is 0.228 e. The summed E-state index contributed by atoms with van der Waals surface area (Å²) in [5.41, 5.74) is 0.940. The van der Waals surface area contributed by atoms with E-state index in [1.54, 1.807) is 12.5 Å². The van der Waals surface area contributed by atoms with Crippen LogP contribution in [0.5, 0.6) is 0 Å². The highest BCUT2D eigenvalue weighted by atomic mass is 16.2. The largest absolute Gasteiger partial charge is 0.350 e. The Hall–Kier alpha value is -2.63. The second-order valence-electron chi connectivity index (χ2n) is 7.72. The van der Waals surface area contributed by atoms with Gasteiger partial charge in [0.05, 0.1) is 12.2 Å². The van der Waals surface area contributed by atoms with Gasteiger partial charge < -0.3 is 14.8 Å². The van der Waals surface area contributed by atoms with Gasteiger partial charge in [-0.3, -0.25) is 9.59 Å². The monoisotopic (exact) mass is 366 g/mol. The average molecular weight is 366 g/mol. The first-order valence-electron chi connectivity index (χ1n) is 9.76. The topological polar surface area (TPSA) is 67.2 Å². The minimum Gasteiger partial charge on any atom is -0.350 e. The molecule has 4 rings (SSSR count). The Morgan fingerprint density at radius 3 is 2.70 bits per heavy atom. The number of aryl methyl sites for hydroxylation is 1. The van der Waals surface area contributed by atoms with E-state index >= 15 is 0 Å². The second-order valence-corrected chi connectivity index (χ2v) is 7.72. The van der Waals surface area contributed by atoms with Gasteiger partial charge in [0.25, 0.3) is 0 Å². The van der Waals surface area contributed by atoms with Crippen LogP contribution >= 0.6 is 0 Å². The minimum atomic E-state index is -0.148. The Balaban J connectivity index is 1.28. The number of carbonyl (C=O) groups is 2. The summed E-state index contributed by atoms with van der Waals surface area (Å²) in [6, 6.07) is 10.0. The van der Waals surface area contributed by atoms with Crippen LogP contribution in [0.1, 0.15) is 43.6 Å². The SMILES string of the molecule is O=C1NC2(CCN(C(=O)CCCn3ccnc3)CC2)C[C@H]1c1ccccc1. The van der Waals surface area contributed by atoms with Gasteiger partial charge in [-0.15, -0.1) is 0 Å². The number of amides is 2. The standard InChI is InChI=1S/C21H26N4O2/c26-19(7-4-11-24-14-10-22-16-24)25-12-8-21(9-13-25)15-18(20(27)23-21)17-5-2-1-3-6-17/h1-3,5-6,10,14,16,18H,4,7-9,11-13,15H2,(H,23,27)/t18-/m0/s1. The van der Waals surface area contributed by atoms with Crippen molar-refractivity contribution in [3.63, 3.8) is 0 Å². The molecule has 0 aliphatic carbocycles. The molecule has 1 aromatic carbocycles. The molecule has 2 fully saturated rings. The number of benzene rings is 1. The normalized spacial score (nSPS) is 21.4. The predicted molar refractivity (Wildman–Crippen MR) is 102 cm³/mol. The molecular formula is C21H26N4O2. The van der Waals surface area contributed by atoms with Crippen LogP contribution in [0.25, 0.3) is 0 Å². The Kier molecular flexibility index (Phi) is 4.97. The van der Waals surface area contributed by atoms with E-state index in [1.807, 2.05) is 46.0 Å². The van der Waals surface area contributed by atoms with Crippen molar-refractivity contribution in [1.82, 2.24) is 19.8 Å². The highest BCUT2D eigenvalue weighted by Gasteiger charge is 2.46. The number of hydrogen-bond acceptors (Lipinski definition) is 3. The molecule has 2 aliphatic heterocycles. The third-order valence-corrected chi connectivity index (χ3v) is 5.94. The maximum atomic E-state index is 12.5. The molecule has 3 heterocycles. The third-order valence-electron chi connectivity index (χ3n) is 5.94. The van der Waals surface area contributed by atoms with E-state index in [9.17, 15) is 9.59 Å². The number of nitrogens with one attached hydrogen (secondary N) is 1. The van der Waals surface area contributed by atoms with Crippen molar-refractivity contribution in [2.75, 3.05) is 13.1 Å². The summed E-state index contributed by atoms with van der Waals surface area (Å²) in [6.07, 6.45) is 9.35. The number of rotatable bonds is 5. The number of likely N-dealkylation sites (tertiary alicyclic amines) is 1. The van der Waals surface area contributed by atoms with Gasteiger partial charge in [0, 0.05) is 44.0 Å². The smallest absolute Gasteiger partial charge is 0.228 e. The summed E-state index contributed by atoms with van der Waals surface area (Å²) in [4.78, 5) is 31.0. The zero-order valence-electron chi connectivity index (χ0n) is 15.5. The lowest BCUT2D eigenvalue weighted by atomic mass is 9.82. The van der Waals surface area contributed by atoms with Crippen molar-refractivity contribution in [1.29, 1.82) is 0 Å². The molecule has 2 aromatic rings. The summed E-state index contributed by atoms with van der Waals surface area (Å²) < 4.78 is 2.00. The molecule has 0 radical (unpaired) electrons. The molecule has 2 aliphatic rings. The van der Waals surface area contributed by atoms with Crippen molar-refractivity contribution >= 4 is 11.8 Å². The van der Waals surface area contributed by atoms with E-state index in [4.69, 9.17) is 0 Å². The molecule has 0 saturated carbocycles. The van der Waals surface area contributed by atoms with E-state index in [-0.39, 0.29) is 23.3 Å². The molecular weight excluding hydrogens is 340 g/mol. The first-order chi connectivity index (χ1) is 13.2. The molecule has 6 heteroatoms. The molecule has 2 saturated heterocycles. The summed E-state index contributed by atoms with van der Waals surface area (Å²) in [5, 5.41) is 3.25. The fourth-order valence-corrected chi connectivity index (χ4v) is 4.34. The van der Waals surface area contributed by atoms with Crippen LogP contribution in [-0.4, -0.2) is 44.9 Å². The highest BCUT2D eigenvalue weighted by Crippen LogP contribution is 2.39. The Labute approximate surface area is 159 Å². The van der Waals surface area contributed by atoms with Gasteiger partial charge in [0.2, 0.25) is 11.8 Å². The number of piperidine rings is 1. The van der Waals surface area contributed by atoms with Crippen molar-refractivity contribution in [3.05, 3.63) is 54.6 Å². The summed E-state index contributed by atoms with van der Waals surface area (Å²) in [5.74, 6) is 0.277. The van der Waals surface area contributed by atoms with E-state index in [0.29, 0.717) is 6.42 Å². The first-order valence-corrected chi connectivity index (χ1v) is 9.76. The molecule has 142 valence electrons. The molecule has 1 spiro atoms. The number of aromatic nitrogens is 2. The lowest BCUT2D eigenvalue weighted by molar-refractivity contribution is -0.133. The maximum absolute atomic E-state index is 12.5. The molecule has 1 atom stereocenters. The van der Waals surface area contributed by atoms with Crippen molar-refractivity contribution < 1.29 is 9.59 Å². The minimum absolute atomic E-state index is 0.0661. The number of hydrogen-bond donors (Lipinski definition) is 1. The second kappa shape index (κ2) is 7.55. The molecule has 1 N–H and O–H groups in total. The predicted octanol–water partition coefficient (Wildman–Crippen LogP) is 2.33. The van der Waals surface area contributed by atoms with E-state index in [1.165, 1.54) is 0 Å². The van der Waals surface area contributed by atoms with Gasteiger partial charge in [0.1, 0.15) is 0 Å². The van der Waals surface area contributed by atoms with Crippen LogP contribution < -0.4 is 5.32 Å². The lowest BCUT2D eigenvalue weighted by Gasteiger charge is -2.39. The fourth-order valence-electron chi connectivity index (χ4n) is 4.34. The van der Waals surface area contributed by atoms with Crippen LogP contribution in [0.2, 0.25) is 0 Å². The Morgan fingerprint density at radius 1 is 1.22 bits per heavy atom. The zero-order chi connectivity index (χ0) is 18.7. The Morgan fingerprint density at radius 2 is 2.00 bits per heavy atom. The average Bonchev–Trinajstić information content (AvgIpc) is 3.31. The Bertz CT molecular complexity index is 780. The third kappa shape index (κ3) is 3.89. The first kappa shape index (κ1) is 17.8. The number of nitrogens with zero attached hydrogens (tertiary/aromatic N) is 3. The fraction of sp³-hybridized carbons (Fsp3) is 0.476. The van der Waals surface area contributed by atoms with E-state index < -0.39 is 0 Å². The highest BCUT2D eigenvalue weighted by molar-refractivity contribution is 5.87. The van der Waals surface area contributed by atoms with Crippen molar-refractivity contribution in [2.24, 2.45) is 0 Å². The van der Waals surface area contributed by atoms with Gasteiger partial charge in [-0.05, 0) is 31.2 Å². The molecule has 27 heavy (non-hydrogen) atoms. The number of imidazole rings is 1. The van der Waals surface area contributed by atoms with Crippen molar-refractivity contribution in [2.45, 2.75) is 50.1 Å². The van der Waals surface area contributed by atoms with Gasteiger partial charge in [-0.2, -0.15) is 0 Å². The van der Waals surface area contributed by atoms with Crippen LogP contribution in [0.4, 0.5) is 0 Å². The van der Waals surface area contributed by atoms with Crippen LogP contribution in [0, 0.1) is 0 Å². The van der Waals surface area contributed by atoms with E-state index in [0.717, 1.165) is 50.9 Å². The molecule has 0 unspecified atom stereocenters. The summed E-state index contributed by atoms with van der Waals surface area (Å²) >= 11 is 0. The lowest BCUT2D eigenvalue weighted by Crippen LogP contribution is -2.52. The van der Waals surface area contributed by atoms with Crippen molar-refractivity contribution in [3.8, 4) is 0 Å². The molecule has 0 bridgehead atoms. The van der Waals surface area contributed by atoms with Crippen LogP contribution in [-0.2, 0) is 16.1 Å². The van der Waals surface area contributed by atoms with Gasteiger partial charge in [0.15, 0.2) is 0 Å². The zero-order valence-corrected chi connectivity index (χ0v) is 15.5. The molecule has 6 nitrogen and oxygen atoms in total. The van der Waals surface area contributed by atoms with E-state index in [2.05, 4.69) is 10.3 Å². The van der Waals surface area contributed by atoms with Gasteiger partial charge in [-0.25, -0.2) is 4.98 Å². The van der Waals surface area contributed by atoms with Crippen LogP contribution in [0.15, 0.2) is 49.1 Å². The summed E-state index contributed by atoms with van der Waals surface area (Å²) in [6.45, 7) is 2.27. The number of carbonyl (C=O) groups excluding carboxylic acids is 2. The molecule has 1 aromatic heterocycles. The van der Waals surface area contributed by atoms with Gasteiger partial charge >= 0.3 is 0 Å².